The molecule has 1 atom stereocenters. The zero-order chi connectivity index (χ0) is 18.7. The van der Waals surface area contributed by atoms with Crippen molar-refractivity contribution in [3.8, 4) is 0 Å². The Kier molecular flexibility index (Phi) is 9.34. The summed E-state index contributed by atoms with van der Waals surface area (Å²) in [5.41, 5.74) is -2.13. The van der Waals surface area contributed by atoms with E-state index in [9.17, 15) is 24.3 Å². The first kappa shape index (κ1) is 21.3. The van der Waals surface area contributed by atoms with Gasteiger partial charge in [0.1, 0.15) is 0 Å². The largest absolute Gasteiger partial charge is 0.393 e. The Hall–Kier alpha value is -1.76. The number of cyclic esters (lactones) is 4. The van der Waals surface area contributed by atoms with Crippen molar-refractivity contribution in [2.75, 3.05) is 0 Å². The summed E-state index contributed by atoms with van der Waals surface area (Å²) in [6.07, 6.45) is 6.70. The molecule has 1 aliphatic rings. The van der Waals surface area contributed by atoms with Crippen LogP contribution in [0.2, 0.25) is 0 Å². The van der Waals surface area contributed by atoms with Crippen molar-refractivity contribution in [2.45, 2.75) is 89.6 Å². The minimum absolute atomic E-state index is 0.0165. The number of carbonyl (C=O) groups excluding carboxylic acids is 4. The molecule has 0 aromatic carbocycles. The Balaban J connectivity index is 2.50. The summed E-state index contributed by atoms with van der Waals surface area (Å²) in [5, 5.41) is 10.5. The van der Waals surface area contributed by atoms with Gasteiger partial charge in [-0.25, -0.2) is 4.79 Å². The molecule has 142 valence electrons. The van der Waals surface area contributed by atoms with Gasteiger partial charge in [0.2, 0.25) is 0 Å². The van der Waals surface area contributed by atoms with Crippen molar-refractivity contribution in [2.24, 2.45) is 0 Å². The molecule has 0 saturated carbocycles. The van der Waals surface area contributed by atoms with Crippen molar-refractivity contribution >= 4 is 23.9 Å². The molecule has 0 bridgehead atoms. The topological polar surface area (TPSA) is 107 Å². The van der Waals surface area contributed by atoms with Gasteiger partial charge in [-0.05, 0) is 12.8 Å². The van der Waals surface area contributed by atoms with Gasteiger partial charge in [-0.1, -0.05) is 51.9 Å². The Morgan fingerprint density at radius 2 is 1.32 bits per heavy atom. The number of esters is 4. The third-order valence-electron chi connectivity index (χ3n) is 4.23. The van der Waals surface area contributed by atoms with E-state index < -0.39 is 35.9 Å². The van der Waals surface area contributed by atoms with Crippen LogP contribution in [-0.2, 0) is 28.7 Å². The second-order valence-electron chi connectivity index (χ2n) is 6.54. The monoisotopic (exact) mass is 356 g/mol. The van der Waals surface area contributed by atoms with Gasteiger partial charge in [-0.15, -0.1) is 0 Å². The van der Waals surface area contributed by atoms with Crippen molar-refractivity contribution < 1.29 is 33.8 Å². The molecular weight excluding hydrogens is 328 g/mol. The fourth-order valence-corrected chi connectivity index (χ4v) is 2.72. The van der Waals surface area contributed by atoms with Crippen molar-refractivity contribution in [1.29, 1.82) is 0 Å². The highest BCUT2D eigenvalue weighted by atomic mass is 16.6. The van der Waals surface area contributed by atoms with Crippen LogP contribution in [-0.4, -0.2) is 34.6 Å². The number of hydrogen-bond donors (Lipinski definition) is 1. The molecule has 1 N–H and O–H groups in total. The molecule has 0 aromatic rings. The zero-order valence-electron chi connectivity index (χ0n) is 14.9. The standard InChI is InChI=1S/C18H28O7/c1-2-3-4-5-6-7-8-9-12-18(23)13-16(21)24-14(19)10-11-15(20)25-17(18)22/h23H,2-13H2,1H3. The third-order valence-corrected chi connectivity index (χ3v) is 4.23. The van der Waals surface area contributed by atoms with Crippen LogP contribution in [0.15, 0.2) is 0 Å². The number of ether oxygens (including phenoxy) is 2. The first-order valence-electron chi connectivity index (χ1n) is 9.08. The Morgan fingerprint density at radius 3 is 1.92 bits per heavy atom. The highest BCUT2D eigenvalue weighted by Gasteiger charge is 2.42. The van der Waals surface area contributed by atoms with Gasteiger partial charge in [0.15, 0.2) is 5.60 Å². The van der Waals surface area contributed by atoms with Crippen LogP contribution in [0, 0.1) is 0 Å². The van der Waals surface area contributed by atoms with Crippen molar-refractivity contribution in [3.63, 3.8) is 0 Å². The molecule has 7 nitrogen and oxygen atoms in total. The van der Waals surface area contributed by atoms with Crippen molar-refractivity contribution in [3.05, 3.63) is 0 Å². The van der Waals surface area contributed by atoms with Crippen LogP contribution < -0.4 is 0 Å². The number of carbonyl (C=O) groups is 4. The molecule has 7 heteroatoms. The van der Waals surface area contributed by atoms with Gasteiger partial charge in [0, 0.05) is 0 Å². The molecule has 0 radical (unpaired) electrons. The van der Waals surface area contributed by atoms with Gasteiger partial charge < -0.3 is 14.6 Å². The predicted octanol–water partition coefficient (Wildman–Crippen LogP) is 2.57. The van der Waals surface area contributed by atoms with Crippen LogP contribution in [0.5, 0.6) is 0 Å². The maximum Gasteiger partial charge on any atom is 0.346 e. The third kappa shape index (κ3) is 8.25. The zero-order valence-corrected chi connectivity index (χ0v) is 14.9. The molecule has 0 spiro atoms. The van der Waals surface area contributed by atoms with Gasteiger partial charge in [-0.3, -0.25) is 14.4 Å². The van der Waals surface area contributed by atoms with Crippen LogP contribution >= 0.6 is 0 Å². The summed E-state index contributed by atoms with van der Waals surface area (Å²) in [4.78, 5) is 46.6. The molecule has 1 rings (SSSR count). The van der Waals surface area contributed by atoms with E-state index >= 15 is 0 Å². The summed E-state index contributed by atoms with van der Waals surface area (Å²) in [5.74, 6) is -3.92. The number of aliphatic hydroxyl groups is 1. The molecule has 1 saturated heterocycles. The van der Waals surface area contributed by atoms with Gasteiger partial charge >= 0.3 is 23.9 Å². The lowest BCUT2D eigenvalue weighted by molar-refractivity contribution is -0.183. The summed E-state index contributed by atoms with van der Waals surface area (Å²) >= 11 is 0. The molecular formula is C18H28O7. The minimum atomic E-state index is -2.13. The quantitative estimate of drug-likeness (QED) is 0.384. The fourth-order valence-electron chi connectivity index (χ4n) is 2.72. The maximum absolute atomic E-state index is 12.0. The lowest BCUT2D eigenvalue weighted by atomic mass is 9.92. The molecule has 1 fully saturated rings. The Labute approximate surface area is 148 Å². The number of unbranched alkanes of at least 4 members (excludes halogenated alkanes) is 7. The Morgan fingerprint density at radius 1 is 0.800 bits per heavy atom. The van der Waals surface area contributed by atoms with Crippen molar-refractivity contribution in [1.82, 2.24) is 0 Å². The highest BCUT2D eigenvalue weighted by molar-refractivity contribution is 5.96. The second-order valence-corrected chi connectivity index (χ2v) is 6.54. The van der Waals surface area contributed by atoms with E-state index in [4.69, 9.17) is 0 Å². The Bertz CT molecular complexity index is 486. The van der Waals surface area contributed by atoms with Crippen LogP contribution in [0.4, 0.5) is 0 Å². The smallest absolute Gasteiger partial charge is 0.346 e. The summed E-state index contributed by atoms with van der Waals surface area (Å²) in [6, 6.07) is 0. The summed E-state index contributed by atoms with van der Waals surface area (Å²) < 4.78 is 9.08. The van der Waals surface area contributed by atoms with E-state index in [2.05, 4.69) is 16.4 Å². The van der Waals surface area contributed by atoms with E-state index in [1.165, 1.54) is 19.3 Å². The van der Waals surface area contributed by atoms with Gasteiger partial charge in [0.25, 0.3) is 0 Å². The van der Waals surface area contributed by atoms with E-state index in [0.29, 0.717) is 6.42 Å². The van der Waals surface area contributed by atoms with E-state index in [1.54, 1.807) is 0 Å². The fraction of sp³-hybridized carbons (Fsp3) is 0.778. The molecule has 25 heavy (non-hydrogen) atoms. The predicted molar refractivity (Wildman–Crippen MR) is 88.2 cm³/mol. The summed E-state index contributed by atoms with van der Waals surface area (Å²) in [6.45, 7) is 2.16. The first-order chi connectivity index (χ1) is 11.9. The van der Waals surface area contributed by atoms with Crippen LogP contribution in [0.25, 0.3) is 0 Å². The van der Waals surface area contributed by atoms with Gasteiger partial charge in [0.05, 0.1) is 19.3 Å². The second kappa shape index (κ2) is 11.0. The molecule has 1 unspecified atom stereocenters. The van der Waals surface area contributed by atoms with Crippen LogP contribution in [0.1, 0.15) is 84.0 Å². The molecule has 0 aliphatic carbocycles. The summed E-state index contributed by atoms with van der Waals surface area (Å²) in [7, 11) is 0. The molecule has 0 aromatic heterocycles. The maximum atomic E-state index is 12.0. The SMILES string of the molecule is CCCCCCCCCCC1(O)CC(=O)OC(=O)CCC(=O)OC1=O. The normalized spacial score (nSPS) is 22.5. The molecule has 0 amide bonds. The lowest BCUT2D eigenvalue weighted by Crippen LogP contribution is -2.44. The number of hydrogen-bond acceptors (Lipinski definition) is 7. The van der Waals surface area contributed by atoms with E-state index in [-0.39, 0.29) is 19.3 Å². The molecule has 1 aliphatic heterocycles. The first-order valence-corrected chi connectivity index (χ1v) is 9.08. The minimum Gasteiger partial charge on any atom is -0.393 e. The van der Waals surface area contributed by atoms with E-state index in [1.807, 2.05) is 0 Å². The molecule has 1 heterocycles. The van der Waals surface area contributed by atoms with Crippen LogP contribution in [0.3, 0.4) is 0 Å². The number of rotatable bonds is 9. The van der Waals surface area contributed by atoms with Gasteiger partial charge in [-0.2, -0.15) is 0 Å². The highest BCUT2D eigenvalue weighted by Crippen LogP contribution is 2.24. The average Bonchev–Trinajstić information content (AvgIpc) is 2.54. The van der Waals surface area contributed by atoms with E-state index in [0.717, 1.165) is 25.7 Å². The average molecular weight is 356 g/mol. The lowest BCUT2D eigenvalue weighted by Gasteiger charge is -2.25.